The Kier molecular flexibility index (Phi) is 4.17. The Balaban J connectivity index is 2.01. The van der Waals surface area contributed by atoms with Gasteiger partial charge >= 0.3 is 0 Å². The average molecular weight is 256 g/mol. The SMILES string of the molecule is Cc1ccc(CC(O)Cc2ccnc(N)c2)cc1C. The third kappa shape index (κ3) is 3.80. The molecule has 0 spiro atoms. The molecular weight excluding hydrogens is 236 g/mol. The van der Waals surface area contributed by atoms with Crippen molar-refractivity contribution in [3.05, 3.63) is 58.8 Å². The topological polar surface area (TPSA) is 59.1 Å². The van der Waals surface area contributed by atoms with Crippen LogP contribution in [0.4, 0.5) is 5.82 Å². The Morgan fingerprint density at radius 2 is 1.74 bits per heavy atom. The number of hydrogen-bond donors (Lipinski definition) is 2. The molecule has 0 aliphatic heterocycles. The maximum atomic E-state index is 10.1. The van der Waals surface area contributed by atoms with E-state index in [-0.39, 0.29) is 0 Å². The number of benzene rings is 1. The van der Waals surface area contributed by atoms with Crippen molar-refractivity contribution in [1.82, 2.24) is 4.98 Å². The highest BCUT2D eigenvalue weighted by molar-refractivity contribution is 5.33. The highest BCUT2D eigenvalue weighted by Gasteiger charge is 2.08. The quantitative estimate of drug-likeness (QED) is 0.883. The molecule has 0 radical (unpaired) electrons. The van der Waals surface area contributed by atoms with Crippen molar-refractivity contribution in [2.45, 2.75) is 32.8 Å². The van der Waals surface area contributed by atoms with Gasteiger partial charge < -0.3 is 10.8 Å². The van der Waals surface area contributed by atoms with Crippen molar-refractivity contribution in [3.63, 3.8) is 0 Å². The number of rotatable bonds is 4. The van der Waals surface area contributed by atoms with Crippen LogP contribution >= 0.6 is 0 Å². The molecule has 0 amide bonds. The van der Waals surface area contributed by atoms with E-state index in [0.29, 0.717) is 18.7 Å². The minimum absolute atomic E-state index is 0.399. The Morgan fingerprint density at radius 1 is 1.05 bits per heavy atom. The second-order valence-electron chi connectivity index (χ2n) is 5.07. The molecule has 1 heterocycles. The van der Waals surface area contributed by atoms with E-state index in [1.807, 2.05) is 12.1 Å². The summed E-state index contributed by atoms with van der Waals surface area (Å²) >= 11 is 0. The highest BCUT2D eigenvalue weighted by atomic mass is 16.3. The van der Waals surface area contributed by atoms with Gasteiger partial charge in [0.05, 0.1) is 6.10 Å². The molecule has 100 valence electrons. The fourth-order valence-corrected chi connectivity index (χ4v) is 2.17. The van der Waals surface area contributed by atoms with E-state index in [0.717, 1.165) is 11.1 Å². The van der Waals surface area contributed by atoms with Gasteiger partial charge in [-0.3, -0.25) is 0 Å². The summed E-state index contributed by atoms with van der Waals surface area (Å²) in [5.41, 5.74) is 10.4. The summed E-state index contributed by atoms with van der Waals surface area (Å²) in [4.78, 5) is 3.95. The van der Waals surface area contributed by atoms with E-state index in [2.05, 4.69) is 37.0 Å². The van der Waals surface area contributed by atoms with Crippen LogP contribution in [-0.2, 0) is 12.8 Å². The summed E-state index contributed by atoms with van der Waals surface area (Å²) in [6.07, 6.45) is 2.53. The summed E-state index contributed by atoms with van der Waals surface area (Å²) in [6.45, 7) is 4.18. The Hall–Kier alpha value is -1.87. The molecule has 0 saturated carbocycles. The van der Waals surface area contributed by atoms with Crippen LogP contribution in [0, 0.1) is 13.8 Å². The number of aromatic nitrogens is 1. The van der Waals surface area contributed by atoms with Crippen molar-refractivity contribution in [2.75, 3.05) is 5.73 Å². The largest absolute Gasteiger partial charge is 0.392 e. The molecule has 1 aromatic heterocycles. The van der Waals surface area contributed by atoms with Gasteiger partial charge in [-0.05, 0) is 61.1 Å². The molecule has 0 saturated heterocycles. The first-order valence-corrected chi connectivity index (χ1v) is 6.49. The van der Waals surface area contributed by atoms with Crippen molar-refractivity contribution < 1.29 is 5.11 Å². The number of nitrogens with zero attached hydrogens (tertiary/aromatic N) is 1. The number of nitrogens with two attached hydrogens (primary N) is 1. The Morgan fingerprint density at radius 3 is 2.37 bits per heavy atom. The number of aliphatic hydroxyl groups excluding tert-OH is 1. The molecular formula is C16H20N2O. The number of aliphatic hydroxyl groups is 1. The zero-order chi connectivity index (χ0) is 13.8. The maximum absolute atomic E-state index is 10.1. The molecule has 0 aliphatic rings. The predicted molar refractivity (Wildman–Crippen MR) is 78.0 cm³/mol. The normalized spacial score (nSPS) is 12.4. The highest BCUT2D eigenvalue weighted by Crippen LogP contribution is 2.14. The minimum Gasteiger partial charge on any atom is -0.392 e. The molecule has 3 nitrogen and oxygen atoms in total. The number of pyridine rings is 1. The van der Waals surface area contributed by atoms with Crippen LogP contribution < -0.4 is 5.73 Å². The Bertz CT molecular complexity index is 566. The molecule has 19 heavy (non-hydrogen) atoms. The van der Waals surface area contributed by atoms with E-state index >= 15 is 0 Å². The summed E-state index contributed by atoms with van der Waals surface area (Å²) in [6, 6.07) is 10.0. The lowest BCUT2D eigenvalue weighted by molar-refractivity contribution is 0.175. The number of hydrogen-bond acceptors (Lipinski definition) is 3. The lowest BCUT2D eigenvalue weighted by Crippen LogP contribution is -2.14. The second kappa shape index (κ2) is 5.85. The number of nitrogen functional groups attached to an aromatic ring is 1. The minimum atomic E-state index is -0.399. The van der Waals surface area contributed by atoms with Gasteiger partial charge in [-0.15, -0.1) is 0 Å². The van der Waals surface area contributed by atoms with Crippen molar-refractivity contribution >= 4 is 5.82 Å². The van der Waals surface area contributed by atoms with Crippen LogP contribution in [0.25, 0.3) is 0 Å². The van der Waals surface area contributed by atoms with Crippen LogP contribution in [0.2, 0.25) is 0 Å². The molecule has 0 bridgehead atoms. The molecule has 0 aliphatic carbocycles. The molecule has 1 atom stereocenters. The zero-order valence-corrected chi connectivity index (χ0v) is 11.4. The van der Waals surface area contributed by atoms with Gasteiger partial charge in [-0.1, -0.05) is 18.2 Å². The van der Waals surface area contributed by atoms with Gasteiger partial charge in [0.15, 0.2) is 0 Å². The first-order valence-electron chi connectivity index (χ1n) is 6.49. The number of anilines is 1. The van der Waals surface area contributed by atoms with Crippen molar-refractivity contribution in [3.8, 4) is 0 Å². The van der Waals surface area contributed by atoms with Gasteiger partial charge in [-0.2, -0.15) is 0 Å². The predicted octanol–water partition coefficient (Wildman–Crippen LogP) is 2.43. The van der Waals surface area contributed by atoms with Gasteiger partial charge in [0.25, 0.3) is 0 Å². The van der Waals surface area contributed by atoms with E-state index < -0.39 is 6.10 Å². The lowest BCUT2D eigenvalue weighted by Gasteiger charge is -2.12. The van der Waals surface area contributed by atoms with Gasteiger partial charge in [-0.25, -0.2) is 4.98 Å². The first-order chi connectivity index (χ1) is 9.04. The molecule has 0 fully saturated rings. The third-order valence-corrected chi connectivity index (χ3v) is 3.36. The number of aryl methyl sites for hydroxylation is 2. The van der Waals surface area contributed by atoms with Crippen molar-refractivity contribution in [1.29, 1.82) is 0 Å². The standard InChI is InChI=1S/C16H20N2O/c1-11-3-4-13(7-12(11)2)8-15(19)9-14-5-6-18-16(17)10-14/h3-7,10,15,19H,8-9H2,1-2H3,(H2,17,18). The molecule has 1 aromatic carbocycles. The van der Waals surface area contributed by atoms with E-state index in [4.69, 9.17) is 5.73 Å². The summed E-state index contributed by atoms with van der Waals surface area (Å²) < 4.78 is 0. The van der Waals surface area contributed by atoms with Crippen LogP contribution in [-0.4, -0.2) is 16.2 Å². The fraction of sp³-hybridized carbons (Fsp3) is 0.312. The smallest absolute Gasteiger partial charge is 0.123 e. The monoisotopic (exact) mass is 256 g/mol. The summed E-state index contributed by atoms with van der Waals surface area (Å²) in [7, 11) is 0. The van der Waals surface area contributed by atoms with Gasteiger partial charge in [0.2, 0.25) is 0 Å². The molecule has 3 N–H and O–H groups in total. The van der Waals surface area contributed by atoms with E-state index in [9.17, 15) is 5.11 Å². The molecule has 3 heteroatoms. The second-order valence-corrected chi connectivity index (χ2v) is 5.07. The van der Waals surface area contributed by atoms with Crippen molar-refractivity contribution in [2.24, 2.45) is 0 Å². The van der Waals surface area contributed by atoms with E-state index in [1.165, 1.54) is 11.1 Å². The Labute approximate surface area is 114 Å². The zero-order valence-electron chi connectivity index (χ0n) is 11.4. The van der Waals surface area contributed by atoms with Crippen LogP contribution in [0.15, 0.2) is 36.5 Å². The van der Waals surface area contributed by atoms with Gasteiger partial charge in [0.1, 0.15) is 5.82 Å². The fourth-order valence-electron chi connectivity index (χ4n) is 2.17. The summed E-state index contributed by atoms with van der Waals surface area (Å²) in [5.74, 6) is 0.496. The molecule has 2 rings (SSSR count). The van der Waals surface area contributed by atoms with Gasteiger partial charge in [0, 0.05) is 6.20 Å². The summed E-state index contributed by atoms with van der Waals surface area (Å²) in [5, 5.41) is 10.1. The van der Waals surface area contributed by atoms with Crippen LogP contribution in [0.1, 0.15) is 22.3 Å². The third-order valence-electron chi connectivity index (χ3n) is 3.36. The lowest BCUT2D eigenvalue weighted by atomic mass is 9.99. The first kappa shape index (κ1) is 13.6. The molecule has 2 aromatic rings. The average Bonchev–Trinajstić information content (AvgIpc) is 2.34. The maximum Gasteiger partial charge on any atom is 0.123 e. The van der Waals surface area contributed by atoms with Crippen LogP contribution in [0.3, 0.4) is 0 Å². The van der Waals surface area contributed by atoms with Crippen LogP contribution in [0.5, 0.6) is 0 Å². The van der Waals surface area contributed by atoms with E-state index in [1.54, 1.807) is 6.20 Å². The molecule has 1 unspecified atom stereocenters.